The molecule has 3 aromatic rings. The molecule has 0 saturated carbocycles. The van der Waals surface area contributed by atoms with Gasteiger partial charge in [0, 0.05) is 25.6 Å². The molecule has 0 saturated heterocycles. The maximum absolute atomic E-state index is 14.7. The highest BCUT2D eigenvalue weighted by molar-refractivity contribution is 6.06. The Morgan fingerprint density at radius 2 is 1.56 bits per heavy atom. The lowest BCUT2D eigenvalue weighted by atomic mass is 10.1. The molecule has 1 heterocycles. The molecule has 8 N–H and O–H groups in total. The maximum Gasteiger partial charge on any atom is 0.337 e. The largest absolute Gasteiger partial charge is 0.490 e. The summed E-state index contributed by atoms with van der Waals surface area (Å²) in [5, 5.41) is 30.6. The van der Waals surface area contributed by atoms with Gasteiger partial charge in [0.05, 0.1) is 35.7 Å². The number of halogens is 2. The highest BCUT2D eigenvalue weighted by atomic mass is 19.1. The van der Waals surface area contributed by atoms with Crippen molar-refractivity contribution in [3.8, 4) is 11.5 Å². The van der Waals surface area contributed by atoms with E-state index in [0.29, 0.717) is 0 Å². The second-order valence-electron chi connectivity index (χ2n) is 7.67. The molecule has 16 heteroatoms. The van der Waals surface area contributed by atoms with E-state index in [9.17, 15) is 28.3 Å². The van der Waals surface area contributed by atoms with E-state index in [1.165, 1.54) is 25.2 Å². The number of ether oxygens (including phenoxy) is 2. The molecule has 14 nitrogen and oxygen atoms in total. The Hall–Kier alpha value is -5.41. The Kier molecular flexibility index (Phi) is 8.82. The molecule has 0 bridgehead atoms. The number of amides is 1. The summed E-state index contributed by atoms with van der Waals surface area (Å²) >= 11 is 0. The van der Waals surface area contributed by atoms with Crippen molar-refractivity contribution >= 4 is 29.2 Å². The number of carbonyl (C=O) groups excluding carboxylic acids is 1. The smallest absolute Gasteiger partial charge is 0.337 e. The fraction of sp³-hybridized carbons (Fsp3) is 0.174. The van der Waals surface area contributed by atoms with Gasteiger partial charge in [-0.05, 0) is 24.3 Å². The number of carboxylic acid groups (broad SMARTS) is 2. The van der Waals surface area contributed by atoms with Crippen molar-refractivity contribution in [3.05, 3.63) is 70.3 Å². The number of nitrogens with zero attached hydrogens (tertiary/aromatic N) is 3. The van der Waals surface area contributed by atoms with Crippen LogP contribution in [0, 0.1) is 11.6 Å². The summed E-state index contributed by atoms with van der Waals surface area (Å²) in [6, 6.07) is 6.19. The predicted octanol–water partition coefficient (Wildman–Crippen LogP) is 1.19. The van der Waals surface area contributed by atoms with E-state index < -0.39 is 40.8 Å². The van der Waals surface area contributed by atoms with E-state index in [0.717, 1.165) is 23.0 Å². The molecule has 0 fully saturated rings. The first kappa shape index (κ1) is 28.2. The first-order valence-electron chi connectivity index (χ1n) is 11.0. The fourth-order valence-electron chi connectivity index (χ4n) is 3.26. The minimum absolute atomic E-state index is 0.0552. The van der Waals surface area contributed by atoms with Crippen molar-refractivity contribution < 1.29 is 42.9 Å². The van der Waals surface area contributed by atoms with E-state index in [4.69, 9.17) is 26.3 Å². The molecular formula is C23H23F2N7O7. The summed E-state index contributed by atoms with van der Waals surface area (Å²) in [6.45, 7) is -0.229. The molecule has 39 heavy (non-hydrogen) atoms. The highest BCUT2D eigenvalue weighted by Crippen LogP contribution is 2.28. The molecular weight excluding hydrogens is 524 g/mol. The lowest BCUT2D eigenvalue weighted by molar-refractivity contribution is 0.0686. The number of hydrogen-bond acceptors (Lipinski definition) is 10. The topological polar surface area (TPSA) is 216 Å². The van der Waals surface area contributed by atoms with E-state index in [1.807, 2.05) is 0 Å². The van der Waals surface area contributed by atoms with Gasteiger partial charge in [-0.2, -0.15) is 9.89 Å². The summed E-state index contributed by atoms with van der Waals surface area (Å²) in [4.78, 5) is 36.1. The summed E-state index contributed by atoms with van der Waals surface area (Å²) in [7, 11) is 1.47. The van der Waals surface area contributed by atoms with Crippen LogP contribution in [0.15, 0.2) is 41.5 Å². The van der Waals surface area contributed by atoms with Gasteiger partial charge >= 0.3 is 11.9 Å². The molecule has 0 aliphatic heterocycles. The second-order valence-corrected chi connectivity index (χ2v) is 7.67. The predicted molar refractivity (Wildman–Crippen MR) is 132 cm³/mol. The van der Waals surface area contributed by atoms with E-state index >= 15 is 0 Å². The van der Waals surface area contributed by atoms with Crippen molar-refractivity contribution in [2.75, 3.05) is 36.7 Å². The number of carbonyl (C=O) groups is 3. The lowest BCUT2D eigenvalue weighted by Gasteiger charge is -2.14. The van der Waals surface area contributed by atoms with Crippen LogP contribution in [0.3, 0.4) is 0 Å². The SMILES string of the molecule is CNc1cc(OCCCOc2cc(C(=O)O)c(NC(=O)c3cc/c(=N/N)n(N)n3)cc2F)c(F)cc1C(=O)O. The first-order chi connectivity index (χ1) is 18.5. The molecule has 3 rings (SSSR count). The Balaban J connectivity index is 1.65. The van der Waals surface area contributed by atoms with Crippen LogP contribution in [0.1, 0.15) is 37.6 Å². The molecule has 1 amide bonds. The highest BCUT2D eigenvalue weighted by Gasteiger charge is 2.20. The van der Waals surface area contributed by atoms with E-state index in [1.54, 1.807) is 0 Å². The van der Waals surface area contributed by atoms with Crippen LogP contribution in [-0.4, -0.2) is 58.2 Å². The molecule has 0 unspecified atom stereocenters. The van der Waals surface area contributed by atoms with Crippen LogP contribution < -0.4 is 37.3 Å². The lowest BCUT2D eigenvalue weighted by Crippen LogP contribution is -2.33. The Morgan fingerprint density at radius 1 is 0.974 bits per heavy atom. The Bertz CT molecular complexity index is 1490. The van der Waals surface area contributed by atoms with Crippen molar-refractivity contribution in [1.29, 1.82) is 0 Å². The van der Waals surface area contributed by atoms with Gasteiger partial charge in [0.2, 0.25) is 0 Å². The number of nitrogen functional groups attached to an aromatic ring is 1. The summed E-state index contributed by atoms with van der Waals surface area (Å²) in [5.74, 6) is 4.53. The maximum atomic E-state index is 14.7. The summed E-state index contributed by atoms with van der Waals surface area (Å²) in [5.41, 5.74) is -1.12. The number of nitrogens with two attached hydrogens (primary N) is 2. The molecule has 1 aromatic heterocycles. The normalized spacial score (nSPS) is 11.1. The van der Waals surface area contributed by atoms with Gasteiger partial charge in [-0.3, -0.25) is 4.79 Å². The van der Waals surface area contributed by atoms with Gasteiger partial charge in [-0.25, -0.2) is 18.4 Å². The van der Waals surface area contributed by atoms with E-state index in [2.05, 4.69) is 20.8 Å². The van der Waals surface area contributed by atoms with Gasteiger partial charge < -0.3 is 42.0 Å². The molecule has 0 aliphatic rings. The average molecular weight is 547 g/mol. The number of aromatic nitrogens is 2. The number of carboxylic acids is 2. The standard InChI is InChI=1S/C23H23F2N7O7/c1-28-16-10-19(13(24)7-11(16)22(34)35)39-6-2-5-38-18-8-12(23(36)37)17(9-14(18)25)29-21(33)15-3-4-20(30-26)32(27)31-15/h3-4,7-10,28H,2,5-6,26-27H2,1H3,(H,29,33)(H,34,35)(H,36,37)/b30-20-. The third-order valence-corrected chi connectivity index (χ3v) is 5.13. The van der Waals surface area contributed by atoms with Crippen molar-refractivity contribution in [3.63, 3.8) is 0 Å². The van der Waals surface area contributed by atoms with Crippen LogP contribution in [0.2, 0.25) is 0 Å². The monoisotopic (exact) mass is 547 g/mol. The number of anilines is 2. The molecule has 2 aromatic carbocycles. The zero-order valence-corrected chi connectivity index (χ0v) is 20.3. The van der Waals surface area contributed by atoms with Gasteiger partial charge in [0.15, 0.2) is 34.3 Å². The van der Waals surface area contributed by atoms with Crippen LogP contribution in [-0.2, 0) is 0 Å². The number of hydrogen-bond donors (Lipinski definition) is 6. The number of nitrogens with one attached hydrogen (secondary N) is 2. The van der Waals surface area contributed by atoms with Crippen LogP contribution in [0.4, 0.5) is 20.2 Å². The minimum atomic E-state index is -1.47. The molecule has 0 radical (unpaired) electrons. The minimum Gasteiger partial charge on any atom is -0.490 e. The molecule has 0 aliphatic carbocycles. The van der Waals surface area contributed by atoms with Gasteiger partial charge in [-0.1, -0.05) is 0 Å². The molecule has 0 spiro atoms. The average Bonchev–Trinajstić information content (AvgIpc) is 2.89. The van der Waals surface area contributed by atoms with Crippen molar-refractivity contribution in [2.45, 2.75) is 6.42 Å². The second kappa shape index (κ2) is 12.2. The first-order valence-corrected chi connectivity index (χ1v) is 11.0. The van der Waals surface area contributed by atoms with Gasteiger partial charge in [-0.15, -0.1) is 5.10 Å². The van der Waals surface area contributed by atoms with Gasteiger partial charge in [0.1, 0.15) is 0 Å². The fourth-order valence-corrected chi connectivity index (χ4v) is 3.26. The van der Waals surface area contributed by atoms with Crippen molar-refractivity contribution in [2.24, 2.45) is 10.9 Å². The number of benzene rings is 2. The zero-order valence-electron chi connectivity index (χ0n) is 20.3. The zero-order chi connectivity index (χ0) is 28.7. The Morgan fingerprint density at radius 3 is 2.13 bits per heavy atom. The third kappa shape index (κ3) is 6.68. The Labute approximate surface area is 218 Å². The molecule has 0 atom stereocenters. The quantitative estimate of drug-likeness (QED) is 0.114. The molecule has 206 valence electrons. The van der Waals surface area contributed by atoms with Crippen LogP contribution >= 0.6 is 0 Å². The summed E-state index contributed by atoms with van der Waals surface area (Å²) in [6.07, 6.45) is 0.130. The van der Waals surface area contributed by atoms with Crippen LogP contribution in [0.5, 0.6) is 11.5 Å². The van der Waals surface area contributed by atoms with Crippen molar-refractivity contribution in [1.82, 2.24) is 9.89 Å². The van der Waals surface area contributed by atoms with E-state index in [-0.39, 0.29) is 53.5 Å². The third-order valence-electron chi connectivity index (χ3n) is 5.13. The van der Waals surface area contributed by atoms with Crippen LogP contribution in [0.25, 0.3) is 0 Å². The number of aromatic carboxylic acids is 2. The number of rotatable bonds is 11. The summed E-state index contributed by atoms with van der Waals surface area (Å²) < 4.78 is 39.4. The van der Waals surface area contributed by atoms with Gasteiger partial charge in [0.25, 0.3) is 5.91 Å².